The van der Waals surface area contributed by atoms with E-state index in [9.17, 15) is 4.79 Å². The number of ether oxygens (including phenoxy) is 4. The molecule has 0 aliphatic rings. The number of hydrogen-bond acceptors (Lipinski definition) is 8. The Kier molecular flexibility index (Phi) is 8.51. The number of carbonyl (C=O) groups is 1. The molecule has 2 aromatic carbocycles. The Morgan fingerprint density at radius 2 is 1.64 bits per heavy atom. The van der Waals surface area contributed by atoms with E-state index in [1.165, 1.54) is 21.3 Å². The normalized spacial score (nSPS) is 10.5. The monoisotopic (exact) mass is 455 g/mol. The second-order valence-electron chi connectivity index (χ2n) is 7.19. The molecule has 0 unspecified atom stereocenters. The number of rotatable bonds is 12. The van der Waals surface area contributed by atoms with Gasteiger partial charge in [-0.05, 0) is 49.2 Å². The molecule has 1 N–H and O–H groups in total. The highest BCUT2D eigenvalue weighted by molar-refractivity contribution is 5.98. The predicted octanol–water partition coefficient (Wildman–Crippen LogP) is 3.91. The van der Waals surface area contributed by atoms with Crippen LogP contribution in [-0.4, -0.2) is 51.0 Å². The molecular formula is C24H29N3O6. The molecule has 0 radical (unpaired) electrons. The molecule has 0 fully saturated rings. The first-order valence-electron chi connectivity index (χ1n) is 10.7. The maximum atomic E-state index is 12.6. The highest BCUT2D eigenvalue weighted by atomic mass is 16.5. The van der Waals surface area contributed by atoms with Crippen LogP contribution in [0.4, 0.5) is 0 Å². The maximum Gasteiger partial charge on any atom is 0.255 e. The van der Waals surface area contributed by atoms with Crippen molar-refractivity contribution in [3.63, 3.8) is 0 Å². The van der Waals surface area contributed by atoms with E-state index in [1.54, 1.807) is 19.2 Å². The van der Waals surface area contributed by atoms with Crippen LogP contribution in [0.2, 0.25) is 0 Å². The summed E-state index contributed by atoms with van der Waals surface area (Å²) in [4.78, 5) is 17.0. The van der Waals surface area contributed by atoms with Gasteiger partial charge in [-0.25, -0.2) is 0 Å². The number of hydrogen-bond donors (Lipinski definition) is 1. The average Bonchev–Trinajstić information content (AvgIpc) is 3.33. The van der Waals surface area contributed by atoms with Gasteiger partial charge in [0.05, 0.1) is 34.0 Å². The van der Waals surface area contributed by atoms with E-state index in [-0.39, 0.29) is 5.91 Å². The van der Waals surface area contributed by atoms with Crippen molar-refractivity contribution in [2.45, 2.75) is 25.7 Å². The minimum Gasteiger partial charge on any atom is -0.497 e. The van der Waals surface area contributed by atoms with Gasteiger partial charge in [0.1, 0.15) is 5.75 Å². The minimum atomic E-state index is -0.228. The number of carbonyl (C=O) groups excluding carboxylic acids is 1. The van der Waals surface area contributed by atoms with Crippen molar-refractivity contribution in [3.8, 4) is 34.4 Å². The number of benzene rings is 2. The largest absolute Gasteiger partial charge is 0.497 e. The quantitative estimate of drug-likeness (QED) is 0.410. The lowest BCUT2D eigenvalue weighted by Gasteiger charge is -2.15. The molecule has 3 aromatic rings. The fourth-order valence-corrected chi connectivity index (χ4v) is 3.37. The van der Waals surface area contributed by atoms with Gasteiger partial charge < -0.3 is 28.8 Å². The second kappa shape index (κ2) is 11.8. The number of nitrogens with one attached hydrogen (secondary N) is 1. The maximum absolute atomic E-state index is 12.6. The first kappa shape index (κ1) is 23.9. The summed E-state index contributed by atoms with van der Waals surface area (Å²) in [5.74, 6) is 2.94. The van der Waals surface area contributed by atoms with Crippen molar-refractivity contribution >= 4 is 5.91 Å². The summed E-state index contributed by atoms with van der Waals surface area (Å²) in [5.41, 5.74) is 1.27. The van der Waals surface area contributed by atoms with Gasteiger partial charge in [-0.15, -0.1) is 0 Å². The summed E-state index contributed by atoms with van der Waals surface area (Å²) in [5, 5.41) is 6.96. The summed E-state index contributed by atoms with van der Waals surface area (Å²) < 4.78 is 26.5. The van der Waals surface area contributed by atoms with Crippen LogP contribution in [0.3, 0.4) is 0 Å². The van der Waals surface area contributed by atoms with Gasteiger partial charge in [-0.1, -0.05) is 11.6 Å². The molecule has 1 aromatic heterocycles. The predicted molar refractivity (Wildman–Crippen MR) is 122 cm³/mol. The van der Waals surface area contributed by atoms with Crippen molar-refractivity contribution < 1.29 is 28.3 Å². The fourth-order valence-electron chi connectivity index (χ4n) is 3.37. The van der Waals surface area contributed by atoms with Crippen molar-refractivity contribution in [2.75, 3.05) is 35.0 Å². The Morgan fingerprint density at radius 1 is 0.879 bits per heavy atom. The van der Waals surface area contributed by atoms with Crippen molar-refractivity contribution in [3.05, 3.63) is 47.9 Å². The number of nitrogens with zero attached hydrogens (tertiary/aromatic N) is 2. The fraction of sp³-hybridized carbons (Fsp3) is 0.375. The molecule has 176 valence electrons. The molecule has 0 saturated carbocycles. The summed E-state index contributed by atoms with van der Waals surface area (Å²) in [6, 6.07) is 10.8. The Hall–Kier alpha value is -3.75. The molecule has 9 heteroatoms. The van der Waals surface area contributed by atoms with Gasteiger partial charge in [0.25, 0.3) is 5.91 Å². The van der Waals surface area contributed by atoms with Gasteiger partial charge in [0, 0.05) is 18.5 Å². The van der Waals surface area contributed by atoms with E-state index >= 15 is 0 Å². The van der Waals surface area contributed by atoms with E-state index < -0.39 is 0 Å². The molecule has 33 heavy (non-hydrogen) atoms. The number of aryl methyl sites for hydroxylation is 1. The minimum absolute atomic E-state index is 0.228. The van der Waals surface area contributed by atoms with Crippen molar-refractivity contribution in [1.29, 1.82) is 0 Å². The molecule has 0 bridgehead atoms. The molecule has 1 amide bonds. The average molecular weight is 456 g/mol. The smallest absolute Gasteiger partial charge is 0.255 e. The Labute approximate surface area is 193 Å². The van der Waals surface area contributed by atoms with E-state index in [1.807, 2.05) is 24.3 Å². The van der Waals surface area contributed by atoms with Gasteiger partial charge in [0.2, 0.25) is 17.5 Å². The summed E-state index contributed by atoms with van der Waals surface area (Å²) in [7, 11) is 6.16. The van der Waals surface area contributed by atoms with Crippen LogP contribution >= 0.6 is 0 Å². The van der Waals surface area contributed by atoms with Crippen LogP contribution in [0.25, 0.3) is 11.4 Å². The van der Waals surface area contributed by atoms with Crippen LogP contribution in [-0.2, 0) is 6.42 Å². The first-order chi connectivity index (χ1) is 16.1. The number of amides is 1. The van der Waals surface area contributed by atoms with Crippen molar-refractivity contribution in [1.82, 2.24) is 15.5 Å². The zero-order chi connectivity index (χ0) is 23.6. The standard InChI is InChI=1S/C24H29N3O6/c1-29-17-11-9-16(10-12-17)23-26-20(33-27-23)8-6-5-7-15-25-24(28)18-13-14-19(30-2)22(32-4)21(18)31-3/h9-14H,5-8,15H2,1-4H3,(H,25,28). The van der Waals surface area contributed by atoms with Gasteiger partial charge in [-0.3, -0.25) is 4.79 Å². The van der Waals surface area contributed by atoms with Gasteiger partial charge in [0.15, 0.2) is 11.5 Å². The van der Waals surface area contributed by atoms with Gasteiger partial charge >= 0.3 is 0 Å². The first-order valence-corrected chi connectivity index (χ1v) is 10.7. The van der Waals surface area contributed by atoms with E-state index in [4.69, 9.17) is 23.5 Å². The molecular weight excluding hydrogens is 426 g/mol. The summed E-state index contributed by atoms with van der Waals surface area (Å²) >= 11 is 0. The van der Waals surface area contributed by atoms with Crippen LogP contribution < -0.4 is 24.3 Å². The highest BCUT2D eigenvalue weighted by Crippen LogP contribution is 2.39. The number of aromatic nitrogens is 2. The lowest BCUT2D eigenvalue weighted by atomic mass is 10.1. The SMILES string of the molecule is COc1ccc(-c2noc(CCCCCNC(=O)c3ccc(OC)c(OC)c3OC)n2)cc1. The van der Waals surface area contributed by atoms with Crippen molar-refractivity contribution in [2.24, 2.45) is 0 Å². The number of methoxy groups -OCH3 is 4. The van der Waals surface area contributed by atoms with Gasteiger partial charge in [-0.2, -0.15) is 4.98 Å². The third-order valence-corrected chi connectivity index (χ3v) is 5.12. The van der Waals surface area contributed by atoms with E-state index in [2.05, 4.69) is 15.5 Å². The molecule has 0 saturated heterocycles. The van der Waals surface area contributed by atoms with Crippen LogP contribution in [0.15, 0.2) is 40.9 Å². The lowest BCUT2D eigenvalue weighted by Crippen LogP contribution is -2.25. The van der Waals surface area contributed by atoms with Crippen LogP contribution in [0, 0.1) is 0 Å². The summed E-state index contributed by atoms with van der Waals surface area (Å²) in [6.07, 6.45) is 3.28. The summed E-state index contributed by atoms with van der Waals surface area (Å²) in [6.45, 7) is 0.539. The highest BCUT2D eigenvalue weighted by Gasteiger charge is 2.20. The Bertz CT molecular complexity index is 1050. The Morgan fingerprint density at radius 3 is 2.30 bits per heavy atom. The molecule has 3 rings (SSSR count). The zero-order valence-electron chi connectivity index (χ0n) is 19.3. The molecule has 9 nitrogen and oxygen atoms in total. The third kappa shape index (κ3) is 5.94. The topological polar surface area (TPSA) is 105 Å². The van der Waals surface area contributed by atoms with E-state index in [0.29, 0.717) is 47.5 Å². The second-order valence-corrected chi connectivity index (χ2v) is 7.19. The molecule has 0 atom stereocenters. The van der Waals surface area contributed by atoms with E-state index in [0.717, 1.165) is 30.6 Å². The van der Waals surface area contributed by atoms with Crippen LogP contribution in [0.5, 0.6) is 23.0 Å². The molecule has 1 heterocycles. The Balaban J connectivity index is 1.43. The van der Waals surface area contributed by atoms with Crippen LogP contribution in [0.1, 0.15) is 35.5 Å². The number of unbranched alkanes of at least 4 members (excludes halogenated alkanes) is 2. The molecule has 0 spiro atoms. The third-order valence-electron chi connectivity index (χ3n) is 5.12. The zero-order valence-corrected chi connectivity index (χ0v) is 19.3. The molecule has 0 aliphatic carbocycles. The molecule has 0 aliphatic heterocycles. The lowest BCUT2D eigenvalue weighted by molar-refractivity contribution is 0.0949.